The molecule has 6 N–H and O–H groups in total. The summed E-state index contributed by atoms with van der Waals surface area (Å²) in [5.41, 5.74) is 15.7. The van der Waals surface area contributed by atoms with Crippen molar-refractivity contribution in [1.29, 1.82) is 0 Å². The van der Waals surface area contributed by atoms with E-state index in [-0.39, 0.29) is 5.88 Å². The van der Waals surface area contributed by atoms with Gasteiger partial charge in [0, 0.05) is 43.3 Å². The third kappa shape index (κ3) is 8.12. The van der Waals surface area contributed by atoms with Crippen LogP contribution in [0.4, 0.5) is 5.69 Å². The van der Waals surface area contributed by atoms with Gasteiger partial charge in [-0.2, -0.15) is 5.10 Å². The van der Waals surface area contributed by atoms with Crippen LogP contribution in [0, 0.1) is 0 Å². The summed E-state index contributed by atoms with van der Waals surface area (Å²) >= 11 is 0. The zero-order valence-electron chi connectivity index (χ0n) is 24.6. The number of rotatable bonds is 9. The lowest BCUT2D eigenvalue weighted by molar-refractivity contribution is -0.0980. The Hall–Kier alpha value is -3.76. The third-order valence-electron chi connectivity index (χ3n) is 7.13. The van der Waals surface area contributed by atoms with Gasteiger partial charge in [-0.25, -0.2) is 4.99 Å². The minimum absolute atomic E-state index is 0.150. The first kappa shape index (κ1) is 32.5. The van der Waals surface area contributed by atoms with E-state index in [2.05, 4.69) is 63.3 Å². The van der Waals surface area contributed by atoms with Gasteiger partial charge in [0.2, 0.25) is 0 Å². The normalized spacial score (nSPS) is 15.3. The van der Waals surface area contributed by atoms with E-state index in [0.29, 0.717) is 18.5 Å². The van der Waals surface area contributed by atoms with Crippen LogP contribution in [-0.2, 0) is 11.2 Å². The number of fused-ring (bicyclic) bond motifs is 1. The van der Waals surface area contributed by atoms with E-state index >= 15 is 0 Å². The molecule has 0 spiro atoms. The number of nitrogens with zero attached hydrogens (tertiary/aromatic N) is 5. The number of allylic oxidation sites excluding steroid dienone is 1. The number of aromatic nitrogens is 3. The second-order valence-corrected chi connectivity index (χ2v) is 9.81. The lowest BCUT2D eigenvalue weighted by Crippen LogP contribution is -2.39. The molecular weight excluding hydrogens is 504 g/mol. The van der Waals surface area contributed by atoms with Gasteiger partial charge in [0.15, 0.2) is 5.88 Å². The van der Waals surface area contributed by atoms with E-state index in [1.54, 1.807) is 19.5 Å². The van der Waals surface area contributed by atoms with Crippen LogP contribution in [-0.4, -0.2) is 76.7 Å². The van der Waals surface area contributed by atoms with Crippen molar-refractivity contribution in [3.05, 3.63) is 53.5 Å². The molecule has 3 heterocycles. The van der Waals surface area contributed by atoms with E-state index in [0.717, 1.165) is 72.2 Å². The van der Waals surface area contributed by atoms with Crippen molar-refractivity contribution < 1.29 is 9.90 Å². The maximum atomic E-state index is 10.8. The summed E-state index contributed by atoms with van der Waals surface area (Å²) in [7, 11) is 3.25. The lowest BCUT2D eigenvalue weighted by atomic mass is 10.0. The Labute approximate surface area is 237 Å². The monoisotopic (exact) mass is 550 g/mol. The molecule has 0 unspecified atom stereocenters. The van der Waals surface area contributed by atoms with E-state index < -0.39 is 0 Å². The van der Waals surface area contributed by atoms with Gasteiger partial charge in [0.05, 0.1) is 29.7 Å². The second-order valence-electron chi connectivity index (χ2n) is 9.81. The van der Waals surface area contributed by atoms with Crippen LogP contribution in [0.25, 0.3) is 10.9 Å². The number of H-pyrrole nitrogens is 1. The number of piperidine rings is 1. The molecule has 0 aliphatic carbocycles. The number of likely N-dealkylation sites (tertiary alicyclic amines) is 1. The van der Waals surface area contributed by atoms with Crippen molar-refractivity contribution in [3.8, 4) is 5.88 Å². The predicted molar refractivity (Wildman–Crippen MR) is 166 cm³/mol. The fourth-order valence-corrected chi connectivity index (χ4v) is 5.04. The zero-order valence-corrected chi connectivity index (χ0v) is 24.6. The summed E-state index contributed by atoms with van der Waals surface area (Å²) in [5.74, 6) is 0.150. The molecule has 4 rings (SSSR count). The molecule has 0 saturated carbocycles. The minimum atomic E-state index is 0.150. The standard InChI is InChI=1S/C28H39N7O.CH5N.CH2O/c1-5-25(32-22-17-31-35(18-22)23-10-12-34(13-11-23)19(2)3)27-24-14-20(6-7-21(15-29)16-30-4)8-9-26(24)33-28(27)36;2*1-2/h8-9,14-19,23,33,36H,5-7,10-13,29H2,1-4H3;2H2,1H3;1H2/b21-15-,30-16?,32-25?;;. The Morgan fingerprint density at radius 1 is 1.27 bits per heavy atom. The van der Waals surface area contributed by atoms with Crippen LogP contribution in [0.2, 0.25) is 0 Å². The van der Waals surface area contributed by atoms with Gasteiger partial charge in [-0.05, 0) is 82.5 Å². The number of aromatic hydroxyl groups is 1. The van der Waals surface area contributed by atoms with E-state index in [1.165, 1.54) is 12.6 Å². The SMILES string of the molecule is C=O.CCC(=Nc1cnn(C2CCN(C(C)C)CC2)c1)c1c(O)[nH]c2ccc(CC/C(C=NC)=C/N)cc12.CN. The Kier molecular flexibility index (Phi) is 13.3. The lowest BCUT2D eigenvalue weighted by Gasteiger charge is -2.34. The van der Waals surface area contributed by atoms with E-state index in [1.807, 2.05) is 25.2 Å². The molecule has 1 aromatic carbocycles. The fourth-order valence-electron chi connectivity index (χ4n) is 5.04. The van der Waals surface area contributed by atoms with Crippen molar-refractivity contribution >= 4 is 35.3 Å². The first-order valence-corrected chi connectivity index (χ1v) is 13.8. The molecule has 40 heavy (non-hydrogen) atoms. The molecule has 1 aliphatic rings. The summed E-state index contributed by atoms with van der Waals surface area (Å²) in [4.78, 5) is 22.6. The summed E-state index contributed by atoms with van der Waals surface area (Å²) in [5, 5.41) is 16.4. The summed E-state index contributed by atoms with van der Waals surface area (Å²) in [6.45, 7) is 10.8. The average Bonchev–Trinajstić information content (AvgIpc) is 3.59. The molecule has 10 nitrogen and oxygen atoms in total. The second kappa shape index (κ2) is 16.4. The fraction of sp³-hybridized carbons (Fsp3) is 0.467. The number of benzene rings is 1. The number of nitrogens with two attached hydrogens (primary N) is 2. The number of carbonyl (C=O) groups excluding carboxylic acids is 1. The summed E-state index contributed by atoms with van der Waals surface area (Å²) in [6, 6.07) is 7.22. The van der Waals surface area contributed by atoms with Crippen LogP contribution in [0.1, 0.15) is 63.6 Å². The van der Waals surface area contributed by atoms with Crippen LogP contribution in [0.3, 0.4) is 0 Å². The molecular formula is C30H46N8O2. The Bertz CT molecular complexity index is 1280. The number of hydrogen-bond acceptors (Lipinski definition) is 8. The van der Waals surface area contributed by atoms with Crippen molar-refractivity contribution in [3.63, 3.8) is 0 Å². The number of nitrogens with one attached hydrogen (secondary N) is 1. The highest BCUT2D eigenvalue weighted by Gasteiger charge is 2.23. The maximum absolute atomic E-state index is 10.8. The van der Waals surface area contributed by atoms with Crippen molar-refractivity contribution in [2.75, 3.05) is 27.2 Å². The van der Waals surface area contributed by atoms with Gasteiger partial charge < -0.3 is 31.3 Å². The Morgan fingerprint density at radius 3 is 2.58 bits per heavy atom. The molecule has 0 atom stereocenters. The Morgan fingerprint density at radius 2 is 1.98 bits per heavy atom. The molecule has 0 amide bonds. The summed E-state index contributed by atoms with van der Waals surface area (Å²) in [6.07, 6.45) is 11.8. The van der Waals surface area contributed by atoms with Gasteiger partial charge >= 0.3 is 0 Å². The quantitative estimate of drug-likeness (QED) is 0.288. The van der Waals surface area contributed by atoms with E-state index in [9.17, 15) is 5.11 Å². The van der Waals surface area contributed by atoms with Crippen LogP contribution in [0.15, 0.2) is 52.4 Å². The molecule has 1 aliphatic heterocycles. The third-order valence-corrected chi connectivity index (χ3v) is 7.13. The number of carbonyl (C=O) groups is 1. The molecule has 10 heteroatoms. The number of aromatic amines is 1. The first-order chi connectivity index (χ1) is 19.4. The van der Waals surface area contributed by atoms with Crippen molar-refractivity contribution in [1.82, 2.24) is 19.7 Å². The first-order valence-electron chi connectivity index (χ1n) is 13.8. The van der Waals surface area contributed by atoms with Gasteiger partial charge in [-0.15, -0.1) is 0 Å². The Balaban J connectivity index is 0.00000134. The highest BCUT2D eigenvalue weighted by atomic mass is 16.3. The van der Waals surface area contributed by atoms with Crippen LogP contribution >= 0.6 is 0 Å². The predicted octanol–water partition coefficient (Wildman–Crippen LogP) is 4.51. The van der Waals surface area contributed by atoms with Crippen LogP contribution in [0.5, 0.6) is 5.88 Å². The number of hydrogen-bond donors (Lipinski definition) is 4. The largest absolute Gasteiger partial charge is 0.494 e. The highest BCUT2D eigenvalue weighted by molar-refractivity contribution is 6.13. The van der Waals surface area contributed by atoms with Gasteiger partial charge in [-0.3, -0.25) is 9.67 Å². The topological polar surface area (TPSA) is 151 Å². The molecule has 0 bridgehead atoms. The summed E-state index contributed by atoms with van der Waals surface area (Å²) < 4.78 is 2.07. The zero-order chi connectivity index (χ0) is 29.7. The molecule has 2 aromatic heterocycles. The molecule has 0 radical (unpaired) electrons. The van der Waals surface area contributed by atoms with Gasteiger partial charge in [-0.1, -0.05) is 13.0 Å². The van der Waals surface area contributed by atoms with Crippen molar-refractivity contribution in [2.45, 2.75) is 65.0 Å². The molecule has 1 fully saturated rings. The van der Waals surface area contributed by atoms with E-state index in [4.69, 9.17) is 15.5 Å². The van der Waals surface area contributed by atoms with Gasteiger partial charge in [0.25, 0.3) is 0 Å². The minimum Gasteiger partial charge on any atom is -0.494 e. The molecule has 218 valence electrons. The molecule has 3 aromatic rings. The molecule has 1 saturated heterocycles. The maximum Gasteiger partial charge on any atom is 0.198 e. The van der Waals surface area contributed by atoms with Crippen molar-refractivity contribution in [2.24, 2.45) is 21.5 Å². The van der Waals surface area contributed by atoms with Crippen LogP contribution < -0.4 is 11.5 Å². The van der Waals surface area contributed by atoms with Gasteiger partial charge in [0.1, 0.15) is 12.5 Å². The smallest absolute Gasteiger partial charge is 0.198 e. The highest BCUT2D eigenvalue weighted by Crippen LogP contribution is 2.32. The average molecular weight is 551 g/mol. The number of aliphatic imine (C=N–C) groups is 2. The number of aryl methyl sites for hydroxylation is 1.